The van der Waals surface area contributed by atoms with E-state index in [1.54, 1.807) is 30.7 Å². The van der Waals surface area contributed by atoms with Crippen LogP contribution in [0.2, 0.25) is 0 Å². The molecule has 1 saturated heterocycles. The molecule has 2 amide bonds. The molecule has 0 radical (unpaired) electrons. The molecule has 0 spiro atoms. The van der Waals surface area contributed by atoms with Crippen LogP contribution in [0.4, 0.5) is 0 Å². The van der Waals surface area contributed by atoms with Crippen LogP contribution in [0.15, 0.2) is 0 Å². The van der Waals surface area contributed by atoms with E-state index in [1.165, 1.54) is 0 Å². The molecular formula is C13H25N3O2. The molecule has 1 rings (SSSR count). The Morgan fingerprint density at radius 1 is 1.33 bits per heavy atom. The molecule has 1 fully saturated rings. The monoisotopic (exact) mass is 255 g/mol. The molecule has 1 aliphatic rings. The lowest BCUT2D eigenvalue weighted by molar-refractivity contribution is -0.159. The van der Waals surface area contributed by atoms with Crippen LogP contribution in [0.25, 0.3) is 0 Å². The summed E-state index contributed by atoms with van der Waals surface area (Å²) in [4.78, 5) is 27.8. The first kappa shape index (κ1) is 15.0. The van der Waals surface area contributed by atoms with Gasteiger partial charge in [0.05, 0.1) is 6.04 Å². The van der Waals surface area contributed by atoms with E-state index in [0.29, 0.717) is 13.1 Å². The third-order valence-electron chi connectivity index (χ3n) is 3.67. The number of hydrogen-bond donors (Lipinski definition) is 1. The summed E-state index contributed by atoms with van der Waals surface area (Å²) in [6.07, 6.45) is 0. The fourth-order valence-electron chi connectivity index (χ4n) is 2.14. The summed E-state index contributed by atoms with van der Waals surface area (Å²) in [5.41, 5.74) is 4.89. The molecule has 1 aliphatic heterocycles. The SMILES string of the molecule is CN1CCN(C(=O)[C@H](N)C(C)(C)C)C(C)(C)C1=O. The maximum absolute atomic E-state index is 12.4. The number of carbonyl (C=O) groups is 2. The van der Waals surface area contributed by atoms with E-state index in [1.807, 2.05) is 20.8 Å². The van der Waals surface area contributed by atoms with Crippen molar-refractivity contribution in [2.75, 3.05) is 20.1 Å². The summed E-state index contributed by atoms with van der Waals surface area (Å²) in [6.45, 7) is 10.4. The van der Waals surface area contributed by atoms with Gasteiger partial charge in [-0.2, -0.15) is 0 Å². The van der Waals surface area contributed by atoms with Crippen molar-refractivity contribution in [1.82, 2.24) is 9.80 Å². The zero-order valence-corrected chi connectivity index (χ0v) is 12.3. The Balaban J connectivity index is 2.97. The summed E-state index contributed by atoms with van der Waals surface area (Å²) < 4.78 is 0. The Kier molecular flexibility index (Phi) is 3.77. The molecule has 1 heterocycles. The second-order valence-corrected chi connectivity index (χ2v) is 6.62. The maximum atomic E-state index is 12.4. The average Bonchev–Trinajstić information content (AvgIpc) is 2.23. The third-order valence-corrected chi connectivity index (χ3v) is 3.67. The van der Waals surface area contributed by atoms with E-state index in [0.717, 1.165) is 0 Å². The van der Waals surface area contributed by atoms with Gasteiger partial charge in [0.15, 0.2) is 0 Å². The van der Waals surface area contributed by atoms with Crippen molar-refractivity contribution in [3.05, 3.63) is 0 Å². The fourth-order valence-corrected chi connectivity index (χ4v) is 2.14. The van der Waals surface area contributed by atoms with Crippen LogP contribution in [0.5, 0.6) is 0 Å². The Labute approximate surface area is 109 Å². The van der Waals surface area contributed by atoms with E-state index in [-0.39, 0.29) is 17.2 Å². The number of nitrogens with zero attached hydrogens (tertiary/aromatic N) is 2. The predicted molar refractivity (Wildman–Crippen MR) is 70.9 cm³/mol. The van der Waals surface area contributed by atoms with Crippen LogP contribution in [-0.4, -0.2) is 53.3 Å². The third kappa shape index (κ3) is 2.51. The molecule has 0 bridgehead atoms. The van der Waals surface area contributed by atoms with E-state index in [2.05, 4.69) is 0 Å². The normalized spacial score (nSPS) is 22.1. The van der Waals surface area contributed by atoms with Gasteiger partial charge in [-0.1, -0.05) is 20.8 Å². The quantitative estimate of drug-likeness (QED) is 0.739. The lowest BCUT2D eigenvalue weighted by Crippen LogP contribution is -2.67. The number of rotatable bonds is 1. The molecule has 2 N–H and O–H groups in total. The lowest BCUT2D eigenvalue weighted by Gasteiger charge is -2.46. The highest BCUT2D eigenvalue weighted by Crippen LogP contribution is 2.26. The van der Waals surface area contributed by atoms with Crippen LogP contribution in [0.3, 0.4) is 0 Å². The topological polar surface area (TPSA) is 66.6 Å². The number of likely N-dealkylation sites (N-methyl/N-ethyl adjacent to an activating group) is 1. The molecule has 0 aliphatic carbocycles. The van der Waals surface area contributed by atoms with Gasteiger partial charge < -0.3 is 15.5 Å². The number of nitrogens with two attached hydrogens (primary N) is 1. The minimum atomic E-state index is -0.813. The molecule has 0 aromatic carbocycles. The molecule has 0 aromatic heterocycles. The summed E-state index contributed by atoms with van der Waals surface area (Å²) in [7, 11) is 1.76. The molecule has 0 aromatic rings. The van der Waals surface area contributed by atoms with Crippen molar-refractivity contribution >= 4 is 11.8 Å². The van der Waals surface area contributed by atoms with Gasteiger partial charge in [-0.05, 0) is 19.3 Å². The van der Waals surface area contributed by atoms with Crippen molar-refractivity contribution in [1.29, 1.82) is 0 Å². The van der Waals surface area contributed by atoms with Gasteiger partial charge in [0.25, 0.3) is 0 Å². The highest BCUT2D eigenvalue weighted by atomic mass is 16.2. The number of carbonyl (C=O) groups excluding carboxylic acids is 2. The van der Waals surface area contributed by atoms with Crippen LogP contribution >= 0.6 is 0 Å². The van der Waals surface area contributed by atoms with Crippen molar-refractivity contribution in [2.45, 2.75) is 46.2 Å². The summed E-state index contributed by atoms with van der Waals surface area (Å²) >= 11 is 0. The number of hydrogen-bond acceptors (Lipinski definition) is 3. The summed E-state index contributed by atoms with van der Waals surface area (Å²) in [5, 5.41) is 0. The highest BCUT2D eigenvalue weighted by molar-refractivity contribution is 5.93. The molecule has 5 heteroatoms. The van der Waals surface area contributed by atoms with Gasteiger partial charge in [-0.15, -0.1) is 0 Å². The molecule has 0 unspecified atom stereocenters. The first-order valence-corrected chi connectivity index (χ1v) is 6.32. The van der Waals surface area contributed by atoms with E-state index in [4.69, 9.17) is 5.73 Å². The highest BCUT2D eigenvalue weighted by Gasteiger charge is 2.45. The van der Waals surface area contributed by atoms with E-state index >= 15 is 0 Å². The molecule has 18 heavy (non-hydrogen) atoms. The van der Waals surface area contributed by atoms with Gasteiger partial charge in [0.1, 0.15) is 5.54 Å². The Morgan fingerprint density at radius 3 is 2.28 bits per heavy atom. The largest absolute Gasteiger partial charge is 0.342 e. The maximum Gasteiger partial charge on any atom is 0.247 e. The zero-order chi connectivity index (χ0) is 14.3. The molecular weight excluding hydrogens is 230 g/mol. The second kappa shape index (κ2) is 4.53. The van der Waals surface area contributed by atoms with E-state index in [9.17, 15) is 9.59 Å². The van der Waals surface area contributed by atoms with Gasteiger partial charge in [-0.3, -0.25) is 9.59 Å². The minimum absolute atomic E-state index is 0.0387. The number of piperazine rings is 1. The summed E-state index contributed by atoms with van der Waals surface area (Å²) in [5.74, 6) is -0.183. The smallest absolute Gasteiger partial charge is 0.247 e. The average molecular weight is 255 g/mol. The molecule has 0 saturated carbocycles. The van der Waals surface area contributed by atoms with Gasteiger partial charge in [0, 0.05) is 20.1 Å². The minimum Gasteiger partial charge on any atom is -0.342 e. The van der Waals surface area contributed by atoms with E-state index < -0.39 is 11.6 Å². The molecule has 104 valence electrons. The first-order chi connectivity index (χ1) is 7.99. The van der Waals surface area contributed by atoms with Crippen molar-refractivity contribution in [3.63, 3.8) is 0 Å². The van der Waals surface area contributed by atoms with Crippen molar-refractivity contribution in [2.24, 2.45) is 11.1 Å². The van der Waals surface area contributed by atoms with Gasteiger partial charge >= 0.3 is 0 Å². The fraction of sp³-hybridized carbons (Fsp3) is 0.846. The number of amides is 2. The standard InChI is InChI=1S/C13H25N3O2/c1-12(2,3)9(14)10(17)16-8-7-15(6)11(18)13(16,4)5/h9H,7-8,14H2,1-6H3/t9-/m0/s1. The Morgan fingerprint density at radius 2 is 1.83 bits per heavy atom. The van der Waals surface area contributed by atoms with Gasteiger partial charge in [-0.25, -0.2) is 0 Å². The first-order valence-electron chi connectivity index (χ1n) is 6.32. The molecule has 1 atom stereocenters. The van der Waals surface area contributed by atoms with Crippen molar-refractivity contribution < 1.29 is 9.59 Å². The Bertz CT molecular complexity index is 358. The summed E-state index contributed by atoms with van der Waals surface area (Å²) in [6, 6.07) is -0.590. The van der Waals surface area contributed by atoms with Crippen LogP contribution in [0.1, 0.15) is 34.6 Å². The van der Waals surface area contributed by atoms with Gasteiger partial charge in [0.2, 0.25) is 11.8 Å². The van der Waals surface area contributed by atoms with Crippen LogP contribution in [0, 0.1) is 5.41 Å². The van der Waals surface area contributed by atoms with Crippen LogP contribution < -0.4 is 5.73 Å². The second-order valence-electron chi connectivity index (χ2n) is 6.62. The molecule has 5 nitrogen and oxygen atoms in total. The lowest BCUT2D eigenvalue weighted by atomic mass is 9.85. The predicted octanol–water partition coefficient (Wildman–Crippen LogP) is 0.439. The Hall–Kier alpha value is -1.10. The van der Waals surface area contributed by atoms with Crippen LogP contribution in [-0.2, 0) is 9.59 Å². The zero-order valence-electron chi connectivity index (χ0n) is 12.3. The van der Waals surface area contributed by atoms with Crippen molar-refractivity contribution in [3.8, 4) is 0 Å².